The van der Waals surface area contributed by atoms with Gasteiger partial charge in [-0.2, -0.15) is 0 Å². The topological polar surface area (TPSA) is 52.0 Å². The molecular weight excluding hydrogens is 412 g/mol. The SMILES string of the molecule is Nc1ccc2cc(C(Cc3cccc4ccccc34)c3ccc4cc(N)ccc4c3)ccc2c1. The van der Waals surface area contributed by atoms with Crippen molar-refractivity contribution in [2.24, 2.45) is 0 Å². The van der Waals surface area contributed by atoms with E-state index >= 15 is 0 Å². The summed E-state index contributed by atoms with van der Waals surface area (Å²) in [6, 6.07) is 41.1. The Morgan fingerprint density at radius 2 is 1.00 bits per heavy atom. The van der Waals surface area contributed by atoms with E-state index in [4.69, 9.17) is 11.5 Å². The first-order chi connectivity index (χ1) is 16.6. The second-order valence-electron chi connectivity index (χ2n) is 9.13. The highest BCUT2D eigenvalue weighted by Crippen LogP contribution is 2.35. The van der Waals surface area contributed by atoms with Crippen LogP contribution in [0.5, 0.6) is 0 Å². The Kier molecular flexibility index (Phi) is 4.92. The normalized spacial score (nSPS) is 11.6. The van der Waals surface area contributed by atoms with Crippen molar-refractivity contribution in [1.29, 1.82) is 0 Å². The van der Waals surface area contributed by atoms with Crippen LogP contribution >= 0.6 is 0 Å². The average molecular weight is 439 g/mol. The molecule has 0 aliphatic carbocycles. The number of hydrogen-bond donors (Lipinski definition) is 2. The third-order valence-electron chi connectivity index (χ3n) is 6.89. The highest BCUT2D eigenvalue weighted by molar-refractivity contribution is 5.88. The summed E-state index contributed by atoms with van der Waals surface area (Å²) >= 11 is 0. The monoisotopic (exact) mass is 438 g/mol. The molecule has 34 heavy (non-hydrogen) atoms. The summed E-state index contributed by atoms with van der Waals surface area (Å²) in [6.45, 7) is 0. The number of anilines is 2. The molecule has 0 aliphatic heterocycles. The Balaban J connectivity index is 1.52. The number of fused-ring (bicyclic) bond motifs is 3. The van der Waals surface area contributed by atoms with Gasteiger partial charge in [-0.05, 0) is 79.7 Å². The van der Waals surface area contributed by atoms with Crippen LogP contribution in [0.4, 0.5) is 11.4 Å². The highest BCUT2D eigenvalue weighted by Gasteiger charge is 2.18. The molecule has 0 heterocycles. The van der Waals surface area contributed by atoms with Crippen molar-refractivity contribution in [2.45, 2.75) is 12.3 Å². The third kappa shape index (κ3) is 3.74. The van der Waals surface area contributed by atoms with Crippen LogP contribution in [0.15, 0.2) is 115 Å². The third-order valence-corrected chi connectivity index (χ3v) is 6.89. The predicted molar refractivity (Wildman–Crippen MR) is 146 cm³/mol. The van der Waals surface area contributed by atoms with E-state index in [9.17, 15) is 0 Å². The largest absolute Gasteiger partial charge is 0.399 e. The molecule has 4 N–H and O–H groups in total. The zero-order valence-electron chi connectivity index (χ0n) is 18.9. The summed E-state index contributed by atoms with van der Waals surface area (Å²) < 4.78 is 0. The predicted octanol–water partition coefficient (Wildman–Crippen LogP) is 7.69. The van der Waals surface area contributed by atoms with Crippen molar-refractivity contribution >= 4 is 43.7 Å². The van der Waals surface area contributed by atoms with Crippen LogP contribution in [0.25, 0.3) is 32.3 Å². The molecule has 0 radical (unpaired) electrons. The molecule has 0 amide bonds. The van der Waals surface area contributed by atoms with Gasteiger partial charge in [0, 0.05) is 17.3 Å². The standard InChI is InChI=1S/C32H26N2/c33-29-14-12-22-16-27(10-8-24(22)18-29)32(20-26-6-3-5-21-4-1-2-7-31(21)26)28-11-9-25-19-30(34)15-13-23(25)17-28/h1-19,32H,20,33-34H2. The zero-order chi connectivity index (χ0) is 23.1. The Hall–Kier alpha value is -4.30. The molecule has 6 rings (SSSR count). The van der Waals surface area contributed by atoms with Crippen molar-refractivity contribution in [3.05, 3.63) is 132 Å². The molecule has 164 valence electrons. The van der Waals surface area contributed by atoms with Crippen LogP contribution < -0.4 is 11.5 Å². The van der Waals surface area contributed by atoms with Crippen LogP contribution in [0.2, 0.25) is 0 Å². The van der Waals surface area contributed by atoms with Gasteiger partial charge in [-0.3, -0.25) is 0 Å². The molecule has 0 atom stereocenters. The Labute approximate surface area is 199 Å². The van der Waals surface area contributed by atoms with E-state index < -0.39 is 0 Å². The van der Waals surface area contributed by atoms with E-state index in [1.54, 1.807) is 0 Å². The van der Waals surface area contributed by atoms with Crippen molar-refractivity contribution in [3.8, 4) is 0 Å². The zero-order valence-corrected chi connectivity index (χ0v) is 18.9. The second kappa shape index (κ2) is 8.24. The fourth-order valence-electron chi connectivity index (χ4n) is 5.12. The van der Waals surface area contributed by atoms with Gasteiger partial charge >= 0.3 is 0 Å². The minimum absolute atomic E-state index is 0.217. The lowest BCUT2D eigenvalue weighted by atomic mass is 9.83. The van der Waals surface area contributed by atoms with Crippen LogP contribution in [-0.2, 0) is 6.42 Å². The molecule has 0 aromatic heterocycles. The summed E-state index contributed by atoms with van der Waals surface area (Å²) in [5.41, 5.74) is 17.6. The van der Waals surface area contributed by atoms with Gasteiger partial charge in [0.15, 0.2) is 0 Å². The Bertz CT molecular complexity index is 1570. The molecule has 0 aliphatic rings. The van der Waals surface area contributed by atoms with Crippen LogP contribution in [0.1, 0.15) is 22.6 Å². The maximum atomic E-state index is 6.02. The van der Waals surface area contributed by atoms with Crippen molar-refractivity contribution in [2.75, 3.05) is 11.5 Å². The van der Waals surface area contributed by atoms with Crippen LogP contribution in [-0.4, -0.2) is 0 Å². The Morgan fingerprint density at radius 3 is 1.65 bits per heavy atom. The fraction of sp³-hybridized carbons (Fsp3) is 0.0625. The summed E-state index contributed by atoms with van der Waals surface area (Å²) in [4.78, 5) is 0. The molecule has 0 unspecified atom stereocenters. The minimum Gasteiger partial charge on any atom is -0.399 e. The smallest absolute Gasteiger partial charge is 0.0320 e. The molecule has 2 nitrogen and oxygen atoms in total. The van der Waals surface area contributed by atoms with Gasteiger partial charge in [0.2, 0.25) is 0 Å². The molecular formula is C32H26N2. The lowest BCUT2D eigenvalue weighted by molar-refractivity contribution is 0.813. The highest BCUT2D eigenvalue weighted by atomic mass is 14.5. The van der Waals surface area contributed by atoms with Gasteiger partial charge in [-0.15, -0.1) is 0 Å². The maximum Gasteiger partial charge on any atom is 0.0320 e. The van der Waals surface area contributed by atoms with Crippen LogP contribution in [0, 0.1) is 0 Å². The minimum atomic E-state index is 0.217. The van der Waals surface area contributed by atoms with E-state index in [-0.39, 0.29) is 5.92 Å². The number of nitrogen functional groups attached to an aromatic ring is 2. The van der Waals surface area contributed by atoms with Gasteiger partial charge in [-0.25, -0.2) is 0 Å². The van der Waals surface area contributed by atoms with E-state index in [2.05, 4.69) is 91.0 Å². The number of hydrogen-bond acceptors (Lipinski definition) is 2. The first kappa shape index (κ1) is 20.3. The molecule has 0 saturated heterocycles. The summed E-state index contributed by atoms with van der Waals surface area (Å²) in [6.07, 6.45) is 0.919. The molecule has 6 aromatic carbocycles. The number of rotatable bonds is 4. The fourth-order valence-corrected chi connectivity index (χ4v) is 5.12. The molecule has 0 fully saturated rings. The molecule has 6 aromatic rings. The number of benzene rings is 6. The molecule has 0 spiro atoms. The average Bonchev–Trinajstić information content (AvgIpc) is 2.87. The second-order valence-corrected chi connectivity index (χ2v) is 9.13. The van der Waals surface area contributed by atoms with E-state index in [1.165, 1.54) is 49.0 Å². The maximum absolute atomic E-state index is 6.02. The lowest BCUT2D eigenvalue weighted by Crippen LogP contribution is -2.06. The van der Waals surface area contributed by atoms with Gasteiger partial charge in [0.05, 0.1) is 0 Å². The first-order valence-electron chi connectivity index (χ1n) is 11.7. The number of nitrogens with two attached hydrogens (primary N) is 2. The first-order valence-corrected chi connectivity index (χ1v) is 11.7. The molecule has 0 saturated carbocycles. The van der Waals surface area contributed by atoms with Gasteiger partial charge in [0.25, 0.3) is 0 Å². The van der Waals surface area contributed by atoms with Crippen molar-refractivity contribution in [1.82, 2.24) is 0 Å². The van der Waals surface area contributed by atoms with Crippen LogP contribution in [0.3, 0.4) is 0 Å². The van der Waals surface area contributed by atoms with Gasteiger partial charge < -0.3 is 11.5 Å². The lowest BCUT2D eigenvalue weighted by Gasteiger charge is -2.21. The summed E-state index contributed by atoms with van der Waals surface area (Å²) in [7, 11) is 0. The van der Waals surface area contributed by atoms with E-state index in [0.717, 1.165) is 17.8 Å². The summed E-state index contributed by atoms with van der Waals surface area (Å²) in [5.74, 6) is 0.217. The quantitative estimate of drug-likeness (QED) is 0.277. The Morgan fingerprint density at radius 1 is 0.471 bits per heavy atom. The van der Waals surface area contributed by atoms with Gasteiger partial charge in [-0.1, -0.05) is 91.0 Å². The van der Waals surface area contributed by atoms with Crippen molar-refractivity contribution < 1.29 is 0 Å². The van der Waals surface area contributed by atoms with Gasteiger partial charge in [0.1, 0.15) is 0 Å². The summed E-state index contributed by atoms with van der Waals surface area (Å²) in [5, 5.41) is 7.36. The molecule has 2 heteroatoms. The molecule has 0 bridgehead atoms. The van der Waals surface area contributed by atoms with E-state index in [1.807, 2.05) is 24.3 Å². The van der Waals surface area contributed by atoms with Crippen molar-refractivity contribution in [3.63, 3.8) is 0 Å². The van der Waals surface area contributed by atoms with E-state index in [0.29, 0.717) is 0 Å².